The second-order valence-electron chi connectivity index (χ2n) is 3.27. The van der Waals surface area contributed by atoms with E-state index in [4.69, 9.17) is 28.3 Å². The second kappa shape index (κ2) is 5.44. The van der Waals surface area contributed by atoms with Crippen molar-refractivity contribution < 1.29 is 5.11 Å². The van der Waals surface area contributed by atoms with E-state index < -0.39 is 0 Å². The van der Waals surface area contributed by atoms with Gasteiger partial charge in [-0.1, -0.05) is 36.2 Å². The number of hydrogen-bond acceptors (Lipinski definition) is 2. The average molecular weight is 234 g/mol. The first-order valence-corrected chi connectivity index (χ1v) is 5.19. The van der Waals surface area contributed by atoms with Crippen LogP contribution in [0.5, 0.6) is 0 Å². The van der Waals surface area contributed by atoms with Crippen LogP contribution in [0, 0.1) is 5.92 Å². The van der Waals surface area contributed by atoms with Gasteiger partial charge in [0.15, 0.2) is 0 Å². The van der Waals surface area contributed by atoms with Gasteiger partial charge in [-0.2, -0.15) is 0 Å². The van der Waals surface area contributed by atoms with Gasteiger partial charge in [-0.25, -0.2) is 0 Å². The number of aliphatic hydroxyl groups is 1. The highest BCUT2D eigenvalue weighted by atomic mass is 35.5. The molecule has 78 valence electrons. The van der Waals surface area contributed by atoms with Crippen molar-refractivity contribution in [2.24, 2.45) is 5.92 Å². The van der Waals surface area contributed by atoms with E-state index in [0.717, 1.165) is 5.69 Å². The van der Waals surface area contributed by atoms with Crippen molar-refractivity contribution in [1.82, 2.24) is 0 Å². The van der Waals surface area contributed by atoms with Crippen LogP contribution in [0.25, 0.3) is 0 Å². The lowest BCUT2D eigenvalue weighted by molar-refractivity contribution is 0.244. The molecule has 0 aliphatic heterocycles. The average Bonchev–Trinajstić information content (AvgIpc) is 2.16. The summed E-state index contributed by atoms with van der Waals surface area (Å²) in [6, 6.07) is 5.35. The zero-order valence-corrected chi connectivity index (χ0v) is 9.44. The maximum absolute atomic E-state index is 8.85. The molecule has 0 radical (unpaired) electrons. The highest BCUT2D eigenvalue weighted by Gasteiger charge is 2.06. The molecule has 2 nitrogen and oxygen atoms in total. The smallest absolute Gasteiger partial charge is 0.0719 e. The Hall–Kier alpha value is -0.440. The quantitative estimate of drug-likeness (QED) is 0.839. The molecular weight excluding hydrogens is 221 g/mol. The maximum Gasteiger partial charge on any atom is 0.0719 e. The second-order valence-corrected chi connectivity index (χ2v) is 4.08. The van der Waals surface area contributed by atoms with Gasteiger partial charge in [0.1, 0.15) is 0 Å². The summed E-state index contributed by atoms with van der Waals surface area (Å²) in [6.07, 6.45) is 0. The zero-order valence-electron chi connectivity index (χ0n) is 7.93. The molecule has 0 aliphatic carbocycles. The number of para-hydroxylation sites is 1. The lowest BCUT2D eigenvalue weighted by atomic mass is 10.2. The number of aliphatic hydroxyl groups excluding tert-OH is 1. The third-order valence-corrected chi connectivity index (χ3v) is 2.53. The van der Waals surface area contributed by atoms with Gasteiger partial charge in [0.25, 0.3) is 0 Å². The van der Waals surface area contributed by atoms with Crippen LogP contribution in [-0.4, -0.2) is 18.3 Å². The summed E-state index contributed by atoms with van der Waals surface area (Å²) >= 11 is 11.9. The van der Waals surface area contributed by atoms with Gasteiger partial charge < -0.3 is 10.4 Å². The Morgan fingerprint density at radius 3 is 2.43 bits per heavy atom. The Labute approximate surface area is 93.8 Å². The molecule has 1 atom stereocenters. The first-order chi connectivity index (χ1) is 6.65. The van der Waals surface area contributed by atoms with Crippen molar-refractivity contribution >= 4 is 28.9 Å². The molecule has 1 aromatic carbocycles. The number of nitrogens with one attached hydrogen (secondary N) is 1. The van der Waals surface area contributed by atoms with Crippen LogP contribution in [0.4, 0.5) is 5.69 Å². The largest absolute Gasteiger partial charge is 0.396 e. The summed E-state index contributed by atoms with van der Waals surface area (Å²) in [5.41, 5.74) is 0.733. The van der Waals surface area contributed by atoms with E-state index in [-0.39, 0.29) is 12.5 Å². The van der Waals surface area contributed by atoms with Gasteiger partial charge in [0, 0.05) is 13.2 Å². The predicted octanol–water partition coefficient (Wildman–Crippen LogP) is 3.03. The van der Waals surface area contributed by atoms with E-state index in [2.05, 4.69) is 5.32 Å². The molecule has 0 saturated heterocycles. The van der Waals surface area contributed by atoms with Crippen molar-refractivity contribution in [1.29, 1.82) is 0 Å². The Bertz CT molecular complexity index is 284. The molecule has 1 unspecified atom stereocenters. The minimum Gasteiger partial charge on any atom is -0.396 e. The van der Waals surface area contributed by atoms with Crippen molar-refractivity contribution in [3.63, 3.8) is 0 Å². The molecule has 0 amide bonds. The molecule has 0 heterocycles. The predicted molar refractivity (Wildman–Crippen MR) is 61.2 cm³/mol. The molecule has 1 aromatic rings. The Balaban J connectivity index is 2.66. The third kappa shape index (κ3) is 3.05. The topological polar surface area (TPSA) is 32.3 Å². The van der Waals surface area contributed by atoms with Crippen LogP contribution in [0.2, 0.25) is 10.0 Å². The van der Waals surface area contributed by atoms with Gasteiger partial charge in [0.2, 0.25) is 0 Å². The summed E-state index contributed by atoms with van der Waals surface area (Å²) < 4.78 is 0. The molecule has 0 bridgehead atoms. The van der Waals surface area contributed by atoms with Crippen molar-refractivity contribution in [2.75, 3.05) is 18.5 Å². The summed E-state index contributed by atoms with van der Waals surface area (Å²) in [5, 5.41) is 13.2. The minimum atomic E-state index is 0.148. The molecular formula is C10H13Cl2NO. The fourth-order valence-corrected chi connectivity index (χ4v) is 1.54. The van der Waals surface area contributed by atoms with Gasteiger partial charge in [-0.3, -0.25) is 0 Å². The van der Waals surface area contributed by atoms with E-state index in [1.807, 2.05) is 6.92 Å². The van der Waals surface area contributed by atoms with E-state index in [9.17, 15) is 0 Å². The van der Waals surface area contributed by atoms with Gasteiger partial charge in [0.05, 0.1) is 15.7 Å². The molecule has 2 N–H and O–H groups in total. The number of halogens is 2. The van der Waals surface area contributed by atoms with Gasteiger partial charge in [-0.15, -0.1) is 0 Å². The van der Waals surface area contributed by atoms with E-state index in [0.29, 0.717) is 16.6 Å². The van der Waals surface area contributed by atoms with Crippen LogP contribution in [-0.2, 0) is 0 Å². The highest BCUT2D eigenvalue weighted by molar-refractivity contribution is 6.39. The molecule has 4 heteroatoms. The molecule has 0 saturated carbocycles. The first kappa shape index (κ1) is 11.6. The zero-order chi connectivity index (χ0) is 10.6. The van der Waals surface area contributed by atoms with Crippen LogP contribution in [0.15, 0.2) is 18.2 Å². The van der Waals surface area contributed by atoms with E-state index in [1.165, 1.54) is 0 Å². The van der Waals surface area contributed by atoms with Crippen molar-refractivity contribution in [3.05, 3.63) is 28.2 Å². The first-order valence-electron chi connectivity index (χ1n) is 4.44. The lowest BCUT2D eigenvalue weighted by Crippen LogP contribution is -2.14. The molecule has 14 heavy (non-hydrogen) atoms. The maximum atomic E-state index is 8.85. The minimum absolute atomic E-state index is 0.148. The standard InChI is InChI=1S/C10H13Cl2NO/c1-7(6-14)5-13-10-8(11)3-2-4-9(10)12/h2-4,7,13-14H,5-6H2,1H3. The van der Waals surface area contributed by atoms with Crippen molar-refractivity contribution in [2.45, 2.75) is 6.92 Å². The molecule has 0 spiro atoms. The molecule has 0 fully saturated rings. The number of hydrogen-bond donors (Lipinski definition) is 2. The fourth-order valence-electron chi connectivity index (χ4n) is 1.01. The van der Waals surface area contributed by atoms with Crippen molar-refractivity contribution in [3.8, 4) is 0 Å². The number of anilines is 1. The SMILES string of the molecule is CC(CO)CNc1c(Cl)cccc1Cl. The summed E-state index contributed by atoms with van der Waals surface area (Å²) in [4.78, 5) is 0. The molecule has 0 aromatic heterocycles. The molecule has 1 rings (SSSR count). The monoisotopic (exact) mass is 233 g/mol. The highest BCUT2D eigenvalue weighted by Crippen LogP contribution is 2.29. The van der Waals surface area contributed by atoms with Gasteiger partial charge >= 0.3 is 0 Å². The number of rotatable bonds is 4. The lowest BCUT2D eigenvalue weighted by Gasteiger charge is -2.13. The van der Waals surface area contributed by atoms with Crippen LogP contribution >= 0.6 is 23.2 Å². The van der Waals surface area contributed by atoms with Crippen LogP contribution < -0.4 is 5.32 Å². The number of benzene rings is 1. The summed E-state index contributed by atoms with van der Waals surface area (Å²) in [7, 11) is 0. The van der Waals surface area contributed by atoms with E-state index in [1.54, 1.807) is 18.2 Å². The molecule has 0 aliphatic rings. The third-order valence-electron chi connectivity index (χ3n) is 1.90. The Kier molecular flexibility index (Phi) is 4.52. The van der Waals surface area contributed by atoms with E-state index >= 15 is 0 Å². The van der Waals surface area contributed by atoms with Crippen LogP contribution in [0.1, 0.15) is 6.92 Å². The Morgan fingerprint density at radius 2 is 1.93 bits per heavy atom. The summed E-state index contributed by atoms with van der Waals surface area (Å²) in [5.74, 6) is 0.183. The normalized spacial score (nSPS) is 12.6. The summed E-state index contributed by atoms with van der Waals surface area (Å²) in [6.45, 7) is 2.74. The van der Waals surface area contributed by atoms with Gasteiger partial charge in [-0.05, 0) is 18.1 Å². The fraction of sp³-hybridized carbons (Fsp3) is 0.400. The van der Waals surface area contributed by atoms with Crippen LogP contribution in [0.3, 0.4) is 0 Å². The Morgan fingerprint density at radius 1 is 1.36 bits per heavy atom.